The first kappa shape index (κ1) is 11.1. The molecular weight excluding hydrogens is 212 g/mol. The smallest absolute Gasteiger partial charge is 0.118 e. The minimum absolute atomic E-state index is 0.570. The van der Waals surface area contributed by atoms with Gasteiger partial charge in [-0.3, -0.25) is 4.90 Å². The number of nitrogens with one attached hydrogen (secondary N) is 1. The van der Waals surface area contributed by atoms with Crippen molar-refractivity contribution in [2.24, 2.45) is 11.8 Å². The van der Waals surface area contributed by atoms with Crippen LogP contribution in [0.15, 0.2) is 24.3 Å². The van der Waals surface area contributed by atoms with Crippen LogP contribution in [0.5, 0.6) is 5.75 Å². The average molecular weight is 232 g/mol. The van der Waals surface area contributed by atoms with Crippen molar-refractivity contribution >= 4 is 0 Å². The maximum absolute atomic E-state index is 5.22. The molecule has 3 atom stereocenters. The number of methoxy groups -OCH3 is 1. The van der Waals surface area contributed by atoms with Crippen molar-refractivity contribution in [2.45, 2.75) is 6.04 Å². The Kier molecular flexibility index (Phi) is 2.81. The zero-order valence-corrected chi connectivity index (χ0v) is 10.5. The molecule has 1 aromatic carbocycles. The molecule has 3 rings (SSSR count). The maximum atomic E-state index is 5.22. The van der Waals surface area contributed by atoms with Crippen molar-refractivity contribution in [3.8, 4) is 5.75 Å². The molecule has 0 spiro atoms. The predicted molar refractivity (Wildman–Crippen MR) is 68.2 cm³/mol. The van der Waals surface area contributed by atoms with E-state index in [1.54, 1.807) is 7.11 Å². The summed E-state index contributed by atoms with van der Waals surface area (Å²) in [6, 6.07) is 9.13. The lowest BCUT2D eigenvalue weighted by Gasteiger charge is -2.24. The molecule has 0 aliphatic carbocycles. The average Bonchev–Trinajstić information content (AvgIpc) is 2.89. The quantitative estimate of drug-likeness (QED) is 0.836. The number of hydrogen-bond acceptors (Lipinski definition) is 3. The first-order valence-electron chi connectivity index (χ1n) is 6.34. The molecule has 1 N–H and O–H groups in total. The summed E-state index contributed by atoms with van der Waals surface area (Å²) in [5.41, 5.74) is 1.42. The normalized spacial score (nSPS) is 32.7. The molecule has 2 saturated heterocycles. The van der Waals surface area contributed by atoms with Crippen LogP contribution in [0, 0.1) is 11.8 Å². The van der Waals surface area contributed by atoms with Crippen LogP contribution in [0.1, 0.15) is 11.6 Å². The van der Waals surface area contributed by atoms with Gasteiger partial charge in [0.05, 0.1) is 7.11 Å². The molecule has 3 nitrogen and oxygen atoms in total. The van der Waals surface area contributed by atoms with Gasteiger partial charge in [-0.15, -0.1) is 0 Å². The molecule has 2 heterocycles. The van der Waals surface area contributed by atoms with Gasteiger partial charge in [-0.2, -0.15) is 0 Å². The summed E-state index contributed by atoms with van der Waals surface area (Å²) in [6.07, 6.45) is 0. The van der Waals surface area contributed by atoms with E-state index in [1.165, 1.54) is 18.7 Å². The highest BCUT2D eigenvalue weighted by atomic mass is 16.5. The van der Waals surface area contributed by atoms with E-state index in [4.69, 9.17) is 4.74 Å². The largest absolute Gasteiger partial charge is 0.497 e. The van der Waals surface area contributed by atoms with Gasteiger partial charge < -0.3 is 10.1 Å². The van der Waals surface area contributed by atoms with E-state index in [-0.39, 0.29) is 0 Å². The Morgan fingerprint density at radius 1 is 1.24 bits per heavy atom. The molecule has 0 amide bonds. The summed E-state index contributed by atoms with van der Waals surface area (Å²) < 4.78 is 5.22. The molecule has 3 heteroatoms. The van der Waals surface area contributed by atoms with E-state index in [9.17, 15) is 0 Å². The first-order chi connectivity index (χ1) is 8.29. The van der Waals surface area contributed by atoms with Gasteiger partial charge in [0.1, 0.15) is 5.75 Å². The van der Waals surface area contributed by atoms with Crippen molar-refractivity contribution < 1.29 is 4.74 Å². The fourth-order valence-corrected chi connectivity index (χ4v) is 3.44. The second-order valence-corrected chi connectivity index (χ2v) is 5.24. The maximum Gasteiger partial charge on any atom is 0.118 e. The number of ether oxygens (including phenoxy) is 1. The Bertz CT molecular complexity index is 390. The molecule has 0 bridgehead atoms. The molecule has 92 valence electrons. The SMILES string of the molecule is COc1ccc([C@H]2[C@@H]3CNC[C@@H]3CN2C)cc1. The van der Waals surface area contributed by atoms with Crippen molar-refractivity contribution in [3.05, 3.63) is 29.8 Å². The summed E-state index contributed by atoms with van der Waals surface area (Å²) >= 11 is 0. The number of rotatable bonds is 2. The van der Waals surface area contributed by atoms with Crippen LogP contribution < -0.4 is 10.1 Å². The predicted octanol–water partition coefficient (Wildman–Crippen LogP) is 1.52. The third-order valence-electron chi connectivity index (χ3n) is 4.25. The van der Waals surface area contributed by atoms with Gasteiger partial charge >= 0.3 is 0 Å². The molecule has 0 radical (unpaired) electrons. The van der Waals surface area contributed by atoms with Gasteiger partial charge in [-0.1, -0.05) is 12.1 Å². The number of hydrogen-bond donors (Lipinski definition) is 1. The van der Waals surface area contributed by atoms with Crippen molar-refractivity contribution in [1.29, 1.82) is 0 Å². The molecule has 17 heavy (non-hydrogen) atoms. The second kappa shape index (κ2) is 4.31. The van der Waals surface area contributed by atoms with Gasteiger partial charge in [0, 0.05) is 19.1 Å². The fourth-order valence-electron chi connectivity index (χ4n) is 3.44. The van der Waals surface area contributed by atoms with Crippen LogP contribution in [0.25, 0.3) is 0 Å². The lowest BCUT2D eigenvalue weighted by molar-refractivity contribution is 0.276. The summed E-state index contributed by atoms with van der Waals surface area (Å²) in [5, 5.41) is 3.52. The Hall–Kier alpha value is -1.06. The number of nitrogens with zero attached hydrogens (tertiary/aromatic N) is 1. The van der Waals surface area contributed by atoms with Gasteiger partial charge in [0.2, 0.25) is 0 Å². The zero-order valence-electron chi connectivity index (χ0n) is 10.5. The third kappa shape index (κ3) is 1.83. The van der Waals surface area contributed by atoms with Crippen molar-refractivity contribution in [3.63, 3.8) is 0 Å². The lowest BCUT2D eigenvalue weighted by atomic mass is 9.89. The van der Waals surface area contributed by atoms with Crippen LogP contribution in [0.3, 0.4) is 0 Å². The minimum Gasteiger partial charge on any atom is -0.497 e. The van der Waals surface area contributed by atoms with Gasteiger partial charge in [0.25, 0.3) is 0 Å². The van der Waals surface area contributed by atoms with E-state index in [1.807, 2.05) is 0 Å². The molecule has 0 saturated carbocycles. The second-order valence-electron chi connectivity index (χ2n) is 5.24. The highest BCUT2D eigenvalue weighted by Gasteiger charge is 2.42. The zero-order chi connectivity index (χ0) is 11.8. The molecule has 2 aliphatic rings. The van der Waals surface area contributed by atoms with Crippen molar-refractivity contribution in [2.75, 3.05) is 33.8 Å². The van der Waals surface area contributed by atoms with E-state index < -0.39 is 0 Å². The number of benzene rings is 1. The summed E-state index contributed by atoms with van der Waals surface area (Å²) in [6.45, 7) is 3.56. The van der Waals surface area contributed by atoms with E-state index in [2.05, 4.69) is 41.5 Å². The number of fused-ring (bicyclic) bond motifs is 1. The van der Waals surface area contributed by atoms with Gasteiger partial charge in [-0.05, 0) is 43.1 Å². The number of likely N-dealkylation sites (tertiary alicyclic amines) is 1. The summed E-state index contributed by atoms with van der Waals surface area (Å²) in [4.78, 5) is 2.50. The Labute approximate surface area is 103 Å². The Morgan fingerprint density at radius 3 is 2.71 bits per heavy atom. The van der Waals surface area contributed by atoms with Crippen LogP contribution in [0.2, 0.25) is 0 Å². The molecule has 0 aromatic heterocycles. The lowest BCUT2D eigenvalue weighted by Crippen LogP contribution is -2.25. The van der Waals surface area contributed by atoms with E-state index >= 15 is 0 Å². The van der Waals surface area contributed by atoms with Crippen molar-refractivity contribution in [1.82, 2.24) is 10.2 Å². The fraction of sp³-hybridized carbons (Fsp3) is 0.571. The summed E-state index contributed by atoms with van der Waals surface area (Å²) in [7, 11) is 3.96. The molecule has 2 fully saturated rings. The van der Waals surface area contributed by atoms with E-state index in [0.717, 1.165) is 24.1 Å². The van der Waals surface area contributed by atoms with Gasteiger partial charge in [-0.25, -0.2) is 0 Å². The topological polar surface area (TPSA) is 24.5 Å². The molecule has 2 aliphatic heterocycles. The summed E-state index contributed by atoms with van der Waals surface area (Å²) in [5.74, 6) is 2.54. The Morgan fingerprint density at radius 2 is 2.00 bits per heavy atom. The molecule has 0 unspecified atom stereocenters. The minimum atomic E-state index is 0.570. The highest BCUT2D eigenvalue weighted by molar-refractivity contribution is 5.30. The molecule has 1 aromatic rings. The van der Waals surface area contributed by atoms with Crippen LogP contribution in [0.4, 0.5) is 0 Å². The molecular formula is C14H20N2O. The van der Waals surface area contributed by atoms with Crippen LogP contribution >= 0.6 is 0 Å². The van der Waals surface area contributed by atoms with Crippen LogP contribution in [-0.4, -0.2) is 38.7 Å². The standard InChI is InChI=1S/C14H20N2O/c1-16-9-11-7-15-8-13(11)14(16)10-3-5-12(17-2)6-4-10/h3-6,11,13-15H,7-9H2,1-2H3/t11-,13-,14+/m1/s1. The monoisotopic (exact) mass is 232 g/mol. The van der Waals surface area contributed by atoms with Gasteiger partial charge in [0.15, 0.2) is 0 Å². The van der Waals surface area contributed by atoms with Crippen LogP contribution in [-0.2, 0) is 0 Å². The first-order valence-corrected chi connectivity index (χ1v) is 6.34. The van der Waals surface area contributed by atoms with E-state index in [0.29, 0.717) is 6.04 Å². The highest BCUT2D eigenvalue weighted by Crippen LogP contribution is 2.41. The third-order valence-corrected chi connectivity index (χ3v) is 4.25. The Balaban J connectivity index is 1.86.